The van der Waals surface area contributed by atoms with Crippen molar-refractivity contribution in [3.8, 4) is 0 Å². The fraction of sp³-hybridized carbons (Fsp3) is 0.333. The third-order valence-electron chi connectivity index (χ3n) is 2.96. The molecule has 0 heterocycles. The van der Waals surface area contributed by atoms with E-state index in [4.69, 9.17) is 14.8 Å². The van der Waals surface area contributed by atoms with E-state index in [0.29, 0.717) is 18.2 Å². The number of carboxylic acid groups (broad SMARTS) is 2. The van der Waals surface area contributed by atoms with Crippen molar-refractivity contribution in [2.75, 3.05) is 0 Å². The number of fused-ring (bicyclic) bond motifs is 1. The van der Waals surface area contributed by atoms with Crippen LogP contribution in [0.5, 0.6) is 0 Å². The van der Waals surface area contributed by atoms with Gasteiger partial charge in [0.25, 0.3) is 10.1 Å². The minimum absolute atomic E-state index is 0. The van der Waals surface area contributed by atoms with Crippen LogP contribution in [0.4, 0.5) is 0 Å². The number of hydrogen-bond donors (Lipinski definition) is 3. The summed E-state index contributed by atoms with van der Waals surface area (Å²) in [7, 11) is -4.13. The van der Waals surface area contributed by atoms with Gasteiger partial charge in [-0.3, -0.25) is 14.1 Å². The number of carboxylic acids is 2. The van der Waals surface area contributed by atoms with Gasteiger partial charge in [-0.25, -0.2) is 0 Å². The molecule has 27 heavy (non-hydrogen) atoms. The first-order valence-electron chi connectivity index (χ1n) is 8.02. The second kappa shape index (κ2) is 14.6. The van der Waals surface area contributed by atoms with Gasteiger partial charge in [0.1, 0.15) is 4.90 Å². The SMILES string of the molecule is CCCC(=O)O.CCCC(=O)O.O=S(=O)(O)c1cccc2ccccc12.[NaH]. The molecule has 7 nitrogen and oxygen atoms in total. The molecule has 0 fully saturated rings. The van der Waals surface area contributed by atoms with Crippen molar-refractivity contribution in [1.29, 1.82) is 0 Å². The van der Waals surface area contributed by atoms with Gasteiger partial charge in [-0.2, -0.15) is 8.42 Å². The molecule has 0 amide bonds. The standard InChI is InChI=1S/C10H8O3S.2C4H8O2.Na.H/c11-14(12,13)10-7-3-5-8-4-1-2-6-9(8)10;2*1-2-3-4(5)6;;/h1-7H,(H,11,12,13);2*2-3H2,1H3,(H,5,6);;. The molecule has 2 aromatic carbocycles. The molecule has 146 valence electrons. The predicted molar refractivity (Wildman–Crippen MR) is 106 cm³/mol. The maximum atomic E-state index is 11.0. The van der Waals surface area contributed by atoms with E-state index in [1.54, 1.807) is 30.3 Å². The van der Waals surface area contributed by atoms with E-state index in [-0.39, 0.29) is 34.5 Å². The summed E-state index contributed by atoms with van der Waals surface area (Å²) in [5.74, 6) is -1.42. The van der Waals surface area contributed by atoms with Crippen molar-refractivity contribution in [2.45, 2.75) is 44.4 Å². The summed E-state index contributed by atoms with van der Waals surface area (Å²) in [5, 5.41) is 17.2. The summed E-state index contributed by atoms with van der Waals surface area (Å²) in [4.78, 5) is 19.2. The topological polar surface area (TPSA) is 129 Å². The third-order valence-corrected chi connectivity index (χ3v) is 3.87. The molecule has 0 radical (unpaired) electrons. The maximum absolute atomic E-state index is 11.0. The van der Waals surface area contributed by atoms with Crippen molar-refractivity contribution < 1.29 is 32.8 Å². The van der Waals surface area contributed by atoms with Crippen LogP contribution in [0.1, 0.15) is 39.5 Å². The second-order valence-corrected chi connectivity index (χ2v) is 6.63. The van der Waals surface area contributed by atoms with Crippen LogP contribution in [-0.2, 0) is 19.7 Å². The summed E-state index contributed by atoms with van der Waals surface area (Å²) in [6.45, 7) is 3.68. The summed E-state index contributed by atoms with van der Waals surface area (Å²) < 4.78 is 31.0. The Balaban J connectivity index is 0. The average Bonchev–Trinajstić information content (AvgIpc) is 2.54. The van der Waals surface area contributed by atoms with Crippen LogP contribution in [0, 0.1) is 0 Å². The van der Waals surface area contributed by atoms with Crippen molar-refractivity contribution in [3.63, 3.8) is 0 Å². The van der Waals surface area contributed by atoms with Crippen molar-refractivity contribution >= 4 is 62.4 Å². The fourth-order valence-electron chi connectivity index (χ4n) is 1.85. The quantitative estimate of drug-likeness (QED) is 0.512. The molecule has 0 unspecified atom stereocenters. The second-order valence-electron chi connectivity index (χ2n) is 5.24. The Kier molecular flexibility index (Phi) is 15.0. The first kappa shape index (κ1) is 27.8. The zero-order valence-corrected chi connectivity index (χ0v) is 15.6. The van der Waals surface area contributed by atoms with Gasteiger partial charge >= 0.3 is 41.5 Å². The molecule has 0 aliphatic heterocycles. The summed E-state index contributed by atoms with van der Waals surface area (Å²) in [6, 6.07) is 11.8. The van der Waals surface area contributed by atoms with Crippen LogP contribution in [0.2, 0.25) is 0 Å². The van der Waals surface area contributed by atoms with Gasteiger partial charge in [-0.1, -0.05) is 50.2 Å². The van der Waals surface area contributed by atoms with Gasteiger partial charge in [0, 0.05) is 18.2 Å². The number of carbonyl (C=O) groups is 2. The Morgan fingerprint density at radius 2 is 1.30 bits per heavy atom. The van der Waals surface area contributed by atoms with E-state index < -0.39 is 22.1 Å². The Morgan fingerprint density at radius 3 is 1.67 bits per heavy atom. The van der Waals surface area contributed by atoms with E-state index >= 15 is 0 Å². The molecule has 0 saturated carbocycles. The predicted octanol–water partition coefficient (Wildman–Crippen LogP) is 3.18. The Bertz CT molecular complexity index is 798. The zero-order chi connectivity index (χ0) is 20.2. The molecule has 3 N–H and O–H groups in total. The van der Waals surface area contributed by atoms with E-state index in [0.717, 1.165) is 18.2 Å². The van der Waals surface area contributed by atoms with Gasteiger partial charge in [-0.05, 0) is 24.3 Å². The van der Waals surface area contributed by atoms with Gasteiger partial charge in [0.2, 0.25) is 0 Å². The normalized spacial score (nSPS) is 9.74. The first-order valence-corrected chi connectivity index (χ1v) is 9.46. The summed E-state index contributed by atoms with van der Waals surface area (Å²) in [6.07, 6.45) is 2.05. The Morgan fingerprint density at radius 1 is 0.852 bits per heavy atom. The molecule has 2 rings (SSSR count). The fourth-order valence-corrected chi connectivity index (χ4v) is 2.56. The van der Waals surface area contributed by atoms with E-state index in [9.17, 15) is 18.0 Å². The van der Waals surface area contributed by atoms with Crippen LogP contribution in [-0.4, -0.2) is 64.7 Å². The molecular weight excluding hydrogens is 383 g/mol. The molecule has 9 heteroatoms. The summed E-state index contributed by atoms with van der Waals surface area (Å²) in [5.41, 5.74) is 0. The molecule has 0 saturated heterocycles. The van der Waals surface area contributed by atoms with Crippen LogP contribution in [0.25, 0.3) is 10.8 Å². The van der Waals surface area contributed by atoms with E-state index in [2.05, 4.69) is 0 Å². The van der Waals surface area contributed by atoms with Crippen molar-refractivity contribution in [3.05, 3.63) is 42.5 Å². The number of benzene rings is 2. The molecule has 2 aromatic rings. The van der Waals surface area contributed by atoms with Gasteiger partial charge in [0.05, 0.1) is 0 Å². The van der Waals surface area contributed by atoms with Crippen molar-refractivity contribution in [1.82, 2.24) is 0 Å². The van der Waals surface area contributed by atoms with Crippen LogP contribution in [0.3, 0.4) is 0 Å². The third kappa shape index (κ3) is 12.5. The Labute approximate surface area is 181 Å². The molecule has 0 aliphatic rings. The molecule has 0 spiro atoms. The first-order chi connectivity index (χ1) is 12.1. The Hall–Kier alpha value is -1.45. The monoisotopic (exact) mass is 408 g/mol. The van der Waals surface area contributed by atoms with E-state index in [1.807, 2.05) is 19.9 Å². The van der Waals surface area contributed by atoms with Gasteiger partial charge in [0.15, 0.2) is 0 Å². The van der Waals surface area contributed by atoms with Crippen LogP contribution >= 0.6 is 0 Å². The minimum atomic E-state index is -4.13. The molecular formula is C18H25NaO7S. The molecule has 0 aromatic heterocycles. The average molecular weight is 408 g/mol. The molecule has 0 bridgehead atoms. The number of aliphatic carboxylic acids is 2. The van der Waals surface area contributed by atoms with Gasteiger partial charge < -0.3 is 10.2 Å². The molecule has 0 atom stereocenters. The van der Waals surface area contributed by atoms with Crippen molar-refractivity contribution in [2.24, 2.45) is 0 Å². The molecule has 0 aliphatic carbocycles. The number of hydrogen-bond acceptors (Lipinski definition) is 4. The van der Waals surface area contributed by atoms with Crippen LogP contribution < -0.4 is 0 Å². The number of rotatable bonds is 5. The zero-order valence-electron chi connectivity index (χ0n) is 14.8. The van der Waals surface area contributed by atoms with Gasteiger partial charge in [-0.15, -0.1) is 0 Å². The summed E-state index contributed by atoms with van der Waals surface area (Å²) >= 11 is 0. The van der Waals surface area contributed by atoms with E-state index in [1.165, 1.54) is 6.07 Å². The van der Waals surface area contributed by atoms with Crippen LogP contribution in [0.15, 0.2) is 47.4 Å².